The highest BCUT2D eigenvalue weighted by molar-refractivity contribution is 9.10. The summed E-state index contributed by atoms with van der Waals surface area (Å²) < 4.78 is 6.53. The van der Waals surface area contributed by atoms with Crippen LogP contribution >= 0.6 is 27.7 Å². The molecule has 152 valence electrons. The van der Waals surface area contributed by atoms with Gasteiger partial charge in [-0.05, 0) is 60.3 Å². The van der Waals surface area contributed by atoms with Crippen molar-refractivity contribution in [2.24, 2.45) is 4.99 Å². The van der Waals surface area contributed by atoms with Gasteiger partial charge in [-0.2, -0.15) is 0 Å². The zero-order chi connectivity index (χ0) is 21.6. The van der Waals surface area contributed by atoms with E-state index in [0.29, 0.717) is 15.8 Å². The normalized spacial score (nSPS) is 16.0. The van der Waals surface area contributed by atoms with Gasteiger partial charge in [0.2, 0.25) is 0 Å². The molecular weight excluding hydrogens is 472 g/mol. The number of benzene rings is 3. The van der Waals surface area contributed by atoms with E-state index in [1.807, 2.05) is 84.9 Å². The number of thioether (sulfide) groups is 1. The molecule has 0 unspecified atom stereocenters. The highest BCUT2D eigenvalue weighted by Crippen LogP contribution is 2.38. The number of carbonyl (C=O) groups is 1. The first-order valence-electron chi connectivity index (χ1n) is 9.44. The van der Waals surface area contributed by atoms with E-state index in [-0.39, 0.29) is 12.5 Å². The molecule has 1 heterocycles. The van der Waals surface area contributed by atoms with Gasteiger partial charge in [-0.25, -0.2) is 4.99 Å². The van der Waals surface area contributed by atoms with E-state index in [0.717, 1.165) is 21.4 Å². The van der Waals surface area contributed by atoms with Crippen LogP contribution in [0.4, 0.5) is 11.4 Å². The second kappa shape index (κ2) is 9.69. The average Bonchev–Trinajstić information content (AvgIpc) is 3.09. The Kier molecular flexibility index (Phi) is 6.56. The van der Waals surface area contributed by atoms with Crippen molar-refractivity contribution in [2.75, 3.05) is 11.5 Å². The summed E-state index contributed by atoms with van der Waals surface area (Å²) in [4.78, 5) is 20.3. The molecule has 4 rings (SSSR count). The average molecular weight is 489 g/mol. The summed E-state index contributed by atoms with van der Waals surface area (Å²) in [6.45, 7) is 0.149. The number of nitrogens with zero attached hydrogens (tertiary/aromatic N) is 2. The van der Waals surface area contributed by atoms with Crippen molar-refractivity contribution in [1.29, 1.82) is 0 Å². The number of ether oxygens (including phenoxy) is 1. The smallest absolute Gasteiger partial charge is 0.271 e. The Bertz CT molecular complexity index is 1200. The van der Waals surface area contributed by atoms with Crippen LogP contribution < -0.4 is 9.64 Å². The summed E-state index contributed by atoms with van der Waals surface area (Å²) in [5.41, 5.74) is 2.30. The lowest BCUT2D eigenvalue weighted by molar-refractivity contribution is -0.113. The van der Waals surface area contributed by atoms with Crippen LogP contribution in [0.3, 0.4) is 0 Å². The van der Waals surface area contributed by atoms with Crippen molar-refractivity contribution in [3.05, 3.63) is 93.8 Å². The first-order chi connectivity index (χ1) is 15.2. The molecule has 31 heavy (non-hydrogen) atoms. The summed E-state index contributed by atoms with van der Waals surface area (Å²) in [5, 5.41) is 0.592. The monoisotopic (exact) mass is 488 g/mol. The predicted molar refractivity (Wildman–Crippen MR) is 132 cm³/mol. The van der Waals surface area contributed by atoms with Gasteiger partial charge in [0, 0.05) is 10.0 Å². The minimum Gasteiger partial charge on any atom is -0.480 e. The van der Waals surface area contributed by atoms with E-state index in [4.69, 9.17) is 16.2 Å². The van der Waals surface area contributed by atoms with E-state index in [9.17, 15) is 4.79 Å². The van der Waals surface area contributed by atoms with Gasteiger partial charge in [0.05, 0.1) is 16.3 Å². The zero-order valence-electron chi connectivity index (χ0n) is 16.4. The number of para-hydroxylation sites is 2. The van der Waals surface area contributed by atoms with Crippen LogP contribution in [0.5, 0.6) is 5.75 Å². The molecule has 0 radical (unpaired) electrons. The number of hydrogen-bond acceptors (Lipinski definition) is 4. The van der Waals surface area contributed by atoms with Crippen LogP contribution in [-0.4, -0.2) is 17.7 Å². The maximum absolute atomic E-state index is 13.4. The lowest BCUT2D eigenvalue weighted by Crippen LogP contribution is -2.28. The Morgan fingerprint density at radius 1 is 1.06 bits per heavy atom. The molecule has 6 heteroatoms. The van der Waals surface area contributed by atoms with E-state index in [1.165, 1.54) is 11.8 Å². The van der Waals surface area contributed by atoms with Crippen molar-refractivity contribution in [1.82, 2.24) is 0 Å². The number of aliphatic imine (C=N–C) groups is 1. The molecular formula is C25H17BrN2O2S. The Hall–Kier alpha value is -3.27. The summed E-state index contributed by atoms with van der Waals surface area (Å²) in [6.07, 6.45) is 7.15. The molecule has 1 amide bonds. The fraction of sp³-hybridized carbons (Fsp3) is 0.0400. The van der Waals surface area contributed by atoms with Crippen LogP contribution in [-0.2, 0) is 4.79 Å². The number of anilines is 1. The van der Waals surface area contributed by atoms with Crippen molar-refractivity contribution < 1.29 is 9.53 Å². The Morgan fingerprint density at radius 2 is 1.77 bits per heavy atom. The molecule has 1 fully saturated rings. The van der Waals surface area contributed by atoms with Crippen LogP contribution in [0.15, 0.2) is 93.2 Å². The molecule has 3 aromatic carbocycles. The summed E-state index contributed by atoms with van der Waals surface area (Å²) in [5.74, 6) is 2.94. The summed E-state index contributed by atoms with van der Waals surface area (Å²) in [7, 11) is 0. The largest absolute Gasteiger partial charge is 0.480 e. The van der Waals surface area contributed by atoms with E-state index in [1.54, 1.807) is 4.90 Å². The second-order valence-corrected chi connectivity index (χ2v) is 8.42. The third-order valence-electron chi connectivity index (χ3n) is 4.37. The van der Waals surface area contributed by atoms with Gasteiger partial charge in [0.25, 0.3) is 5.91 Å². The summed E-state index contributed by atoms with van der Waals surface area (Å²) in [6, 6.07) is 24.7. The van der Waals surface area contributed by atoms with Crippen LogP contribution in [0, 0.1) is 12.3 Å². The third kappa shape index (κ3) is 4.91. The molecule has 0 saturated carbocycles. The number of hydrogen-bond donors (Lipinski definition) is 0. The maximum Gasteiger partial charge on any atom is 0.271 e. The lowest BCUT2D eigenvalue weighted by atomic mass is 10.2. The van der Waals surface area contributed by atoms with Crippen LogP contribution in [0.2, 0.25) is 0 Å². The maximum atomic E-state index is 13.4. The van der Waals surface area contributed by atoms with Gasteiger partial charge in [0.1, 0.15) is 12.4 Å². The van der Waals surface area contributed by atoms with Gasteiger partial charge >= 0.3 is 0 Å². The minimum absolute atomic E-state index is 0.145. The van der Waals surface area contributed by atoms with Crippen molar-refractivity contribution in [3.8, 4) is 18.1 Å². The van der Waals surface area contributed by atoms with Crippen LogP contribution in [0.25, 0.3) is 6.08 Å². The van der Waals surface area contributed by atoms with Gasteiger partial charge in [-0.3, -0.25) is 9.69 Å². The predicted octanol–water partition coefficient (Wildman–Crippen LogP) is 6.27. The topological polar surface area (TPSA) is 41.9 Å². The first-order valence-corrected chi connectivity index (χ1v) is 11.1. The standard InChI is InChI=1S/C25H17BrN2O2S/c1-2-15-30-22-14-13-19(26)16-18(22)17-23-24(29)28(21-11-7-4-8-12-21)25(31-23)27-20-9-5-3-6-10-20/h1,3-14,16-17H,15H2/b23-17-,27-25?. The fourth-order valence-corrected chi connectivity index (χ4v) is 4.36. The number of carbonyl (C=O) groups excluding carboxylic acids is 1. The first kappa shape index (κ1) is 21.0. The molecule has 0 aliphatic carbocycles. The Labute approximate surface area is 193 Å². The molecule has 0 atom stereocenters. The number of terminal acetylenes is 1. The summed E-state index contributed by atoms with van der Waals surface area (Å²) >= 11 is 4.81. The van der Waals surface area contributed by atoms with Crippen LogP contribution in [0.1, 0.15) is 5.56 Å². The van der Waals surface area contributed by atoms with Crippen molar-refractivity contribution >= 4 is 56.2 Å². The van der Waals surface area contributed by atoms with Gasteiger partial charge in [0.15, 0.2) is 5.17 Å². The molecule has 0 N–H and O–H groups in total. The molecule has 1 aliphatic rings. The molecule has 1 saturated heterocycles. The van der Waals surface area contributed by atoms with E-state index in [2.05, 4.69) is 21.9 Å². The van der Waals surface area contributed by atoms with Gasteiger partial charge < -0.3 is 4.74 Å². The minimum atomic E-state index is -0.145. The van der Waals surface area contributed by atoms with E-state index >= 15 is 0 Å². The second-order valence-electron chi connectivity index (χ2n) is 6.49. The molecule has 1 aliphatic heterocycles. The Morgan fingerprint density at radius 3 is 2.48 bits per heavy atom. The Balaban J connectivity index is 1.77. The van der Waals surface area contributed by atoms with Crippen molar-refractivity contribution in [3.63, 3.8) is 0 Å². The molecule has 0 bridgehead atoms. The number of rotatable bonds is 5. The zero-order valence-corrected chi connectivity index (χ0v) is 18.8. The van der Waals surface area contributed by atoms with E-state index < -0.39 is 0 Å². The third-order valence-corrected chi connectivity index (χ3v) is 5.83. The SMILES string of the molecule is C#CCOc1ccc(Br)cc1/C=C1\SC(=Nc2ccccc2)N(c2ccccc2)C1=O. The highest BCUT2D eigenvalue weighted by Gasteiger charge is 2.34. The molecule has 3 aromatic rings. The number of amides is 1. The lowest BCUT2D eigenvalue weighted by Gasteiger charge is -2.15. The molecule has 4 nitrogen and oxygen atoms in total. The van der Waals surface area contributed by atoms with Gasteiger partial charge in [-0.15, -0.1) is 6.42 Å². The number of halogens is 1. The fourth-order valence-electron chi connectivity index (χ4n) is 2.99. The van der Waals surface area contributed by atoms with Gasteiger partial charge in [-0.1, -0.05) is 58.2 Å². The number of amidine groups is 1. The highest BCUT2D eigenvalue weighted by atomic mass is 79.9. The molecule has 0 spiro atoms. The van der Waals surface area contributed by atoms with Crippen molar-refractivity contribution in [2.45, 2.75) is 0 Å². The molecule has 0 aromatic heterocycles. The quantitative estimate of drug-likeness (QED) is 0.314.